The van der Waals surface area contributed by atoms with Crippen LogP contribution in [0.3, 0.4) is 0 Å². The summed E-state index contributed by atoms with van der Waals surface area (Å²) in [4.78, 5) is 4.19. The second-order valence-electron chi connectivity index (χ2n) is 4.05. The van der Waals surface area contributed by atoms with Crippen LogP contribution in [0.25, 0.3) is 0 Å². The van der Waals surface area contributed by atoms with Gasteiger partial charge in [0.15, 0.2) is 0 Å². The predicted molar refractivity (Wildman–Crippen MR) is 69.3 cm³/mol. The number of hydrogen-bond acceptors (Lipinski definition) is 4. The topological polar surface area (TPSA) is 68.4 Å². The molecule has 0 radical (unpaired) electrons. The van der Waals surface area contributed by atoms with Crippen LogP contribution in [0.5, 0.6) is 11.6 Å². The van der Waals surface area contributed by atoms with E-state index in [0.29, 0.717) is 11.6 Å². The highest BCUT2D eigenvalue weighted by Gasteiger charge is 2.11. The summed E-state index contributed by atoms with van der Waals surface area (Å²) in [5.74, 6) is 1.08. The third-order valence-electron chi connectivity index (χ3n) is 2.64. The Labute approximate surface area is 106 Å². The second kappa shape index (κ2) is 5.62. The predicted octanol–water partition coefficient (Wildman–Crippen LogP) is 2.39. The van der Waals surface area contributed by atoms with Crippen LogP contribution in [0, 0.1) is 0 Å². The largest absolute Gasteiger partial charge is 0.438 e. The van der Waals surface area contributed by atoms with Gasteiger partial charge >= 0.3 is 0 Å². The molecule has 1 heterocycles. The third-order valence-corrected chi connectivity index (χ3v) is 2.64. The molecule has 0 spiro atoms. The van der Waals surface area contributed by atoms with Gasteiger partial charge in [0.2, 0.25) is 5.88 Å². The number of hydrogen-bond donors (Lipinski definition) is 2. The first-order valence-electron chi connectivity index (χ1n) is 5.79. The lowest BCUT2D eigenvalue weighted by molar-refractivity contribution is 0.276. The first-order valence-corrected chi connectivity index (χ1v) is 5.79. The SMILES string of the molecule is C[C@H](N)c1cccnc1Oc1ccccc1CO. The summed E-state index contributed by atoms with van der Waals surface area (Å²) < 4.78 is 5.74. The van der Waals surface area contributed by atoms with Crippen LogP contribution >= 0.6 is 0 Å². The molecule has 0 aliphatic rings. The number of aliphatic hydroxyl groups is 1. The smallest absolute Gasteiger partial charge is 0.223 e. The van der Waals surface area contributed by atoms with Crippen LogP contribution in [-0.4, -0.2) is 10.1 Å². The van der Waals surface area contributed by atoms with Crippen molar-refractivity contribution in [2.45, 2.75) is 19.6 Å². The molecule has 0 saturated carbocycles. The van der Waals surface area contributed by atoms with Gasteiger partial charge in [-0.15, -0.1) is 0 Å². The molecule has 1 aromatic carbocycles. The van der Waals surface area contributed by atoms with Gasteiger partial charge in [-0.1, -0.05) is 24.3 Å². The molecule has 94 valence electrons. The molecule has 18 heavy (non-hydrogen) atoms. The molecule has 2 aromatic rings. The molecule has 4 heteroatoms. The average Bonchev–Trinajstić information content (AvgIpc) is 2.40. The van der Waals surface area contributed by atoms with Crippen molar-refractivity contribution in [2.24, 2.45) is 5.73 Å². The highest BCUT2D eigenvalue weighted by Crippen LogP contribution is 2.28. The fraction of sp³-hybridized carbons (Fsp3) is 0.214. The fourth-order valence-electron chi connectivity index (χ4n) is 1.67. The van der Waals surface area contributed by atoms with Crippen molar-refractivity contribution in [2.75, 3.05) is 0 Å². The maximum absolute atomic E-state index is 9.25. The quantitative estimate of drug-likeness (QED) is 0.866. The molecular weight excluding hydrogens is 228 g/mol. The minimum absolute atomic E-state index is 0.0729. The number of para-hydroxylation sites is 1. The molecule has 2 rings (SSSR count). The second-order valence-corrected chi connectivity index (χ2v) is 4.05. The zero-order valence-electron chi connectivity index (χ0n) is 10.2. The fourth-order valence-corrected chi connectivity index (χ4v) is 1.67. The Bertz CT molecular complexity index is 527. The van der Waals surface area contributed by atoms with Crippen molar-refractivity contribution in [1.82, 2.24) is 4.98 Å². The van der Waals surface area contributed by atoms with Crippen LogP contribution < -0.4 is 10.5 Å². The molecule has 0 saturated heterocycles. The van der Waals surface area contributed by atoms with E-state index in [4.69, 9.17) is 10.5 Å². The standard InChI is InChI=1S/C14H16N2O2/c1-10(15)12-6-4-8-16-14(12)18-13-7-3-2-5-11(13)9-17/h2-8,10,17H,9,15H2,1H3/t10-/m0/s1. The summed E-state index contributed by atoms with van der Waals surface area (Å²) >= 11 is 0. The number of pyridine rings is 1. The zero-order valence-corrected chi connectivity index (χ0v) is 10.2. The number of ether oxygens (including phenoxy) is 1. The first kappa shape index (κ1) is 12.5. The molecule has 3 N–H and O–H groups in total. The van der Waals surface area contributed by atoms with Gasteiger partial charge in [0.1, 0.15) is 5.75 Å². The van der Waals surface area contributed by atoms with E-state index in [0.717, 1.165) is 11.1 Å². The van der Waals surface area contributed by atoms with E-state index in [1.165, 1.54) is 0 Å². The Balaban J connectivity index is 2.34. The number of rotatable bonds is 4. The molecular formula is C14H16N2O2. The lowest BCUT2D eigenvalue weighted by Crippen LogP contribution is -2.07. The first-order chi connectivity index (χ1) is 8.72. The Kier molecular flexibility index (Phi) is 3.92. The summed E-state index contributed by atoms with van der Waals surface area (Å²) in [6.07, 6.45) is 1.66. The normalized spacial score (nSPS) is 12.2. The van der Waals surface area contributed by atoms with Crippen LogP contribution in [0.4, 0.5) is 0 Å². The summed E-state index contributed by atoms with van der Waals surface area (Å²) in [6.45, 7) is 1.80. The molecule has 4 nitrogen and oxygen atoms in total. The summed E-state index contributed by atoms with van der Waals surface area (Å²) in [5.41, 5.74) is 7.43. The summed E-state index contributed by atoms with van der Waals surface area (Å²) in [5, 5.41) is 9.25. The minimum atomic E-state index is -0.157. The van der Waals surface area contributed by atoms with Gasteiger partial charge < -0.3 is 15.6 Å². The molecule has 0 unspecified atom stereocenters. The average molecular weight is 244 g/mol. The summed E-state index contributed by atoms with van der Waals surface area (Å²) in [6, 6.07) is 10.9. The van der Waals surface area contributed by atoms with E-state index in [1.54, 1.807) is 12.3 Å². The van der Waals surface area contributed by atoms with Gasteiger partial charge in [-0.3, -0.25) is 0 Å². The van der Waals surface area contributed by atoms with Gasteiger partial charge in [0.05, 0.1) is 6.61 Å². The van der Waals surface area contributed by atoms with Crippen LogP contribution in [0.2, 0.25) is 0 Å². The molecule has 1 aromatic heterocycles. The van der Waals surface area contributed by atoms with Crippen molar-refractivity contribution >= 4 is 0 Å². The maximum Gasteiger partial charge on any atom is 0.223 e. The van der Waals surface area contributed by atoms with Crippen LogP contribution in [0.15, 0.2) is 42.6 Å². The number of aliphatic hydroxyl groups excluding tert-OH is 1. The number of benzene rings is 1. The van der Waals surface area contributed by atoms with Gasteiger partial charge in [-0.2, -0.15) is 0 Å². The lowest BCUT2D eigenvalue weighted by Gasteiger charge is -2.13. The van der Waals surface area contributed by atoms with Gasteiger partial charge in [-0.05, 0) is 19.1 Å². The van der Waals surface area contributed by atoms with E-state index < -0.39 is 0 Å². The molecule has 0 aliphatic heterocycles. The molecule has 0 fully saturated rings. The van der Waals surface area contributed by atoms with Crippen molar-refractivity contribution in [3.63, 3.8) is 0 Å². The number of nitrogens with zero attached hydrogens (tertiary/aromatic N) is 1. The van der Waals surface area contributed by atoms with E-state index >= 15 is 0 Å². The Morgan fingerprint density at radius 1 is 1.28 bits per heavy atom. The van der Waals surface area contributed by atoms with Crippen molar-refractivity contribution in [1.29, 1.82) is 0 Å². The van der Waals surface area contributed by atoms with Crippen LogP contribution in [-0.2, 0) is 6.61 Å². The Hall–Kier alpha value is -1.91. The zero-order chi connectivity index (χ0) is 13.0. The van der Waals surface area contributed by atoms with E-state index in [2.05, 4.69) is 4.98 Å². The number of nitrogens with two attached hydrogens (primary N) is 1. The van der Waals surface area contributed by atoms with E-state index in [1.807, 2.05) is 37.3 Å². The Morgan fingerprint density at radius 2 is 2.06 bits per heavy atom. The highest BCUT2D eigenvalue weighted by atomic mass is 16.5. The minimum Gasteiger partial charge on any atom is -0.438 e. The van der Waals surface area contributed by atoms with Crippen molar-refractivity contribution < 1.29 is 9.84 Å². The van der Waals surface area contributed by atoms with Gasteiger partial charge in [-0.25, -0.2) is 4.98 Å². The lowest BCUT2D eigenvalue weighted by atomic mass is 10.1. The van der Waals surface area contributed by atoms with E-state index in [9.17, 15) is 5.11 Å². The molecule has 1 atom stereocenters. The number of aromatic nitrogens is 1. The Morgan fingerprint density at radius 3 is 2.78 bits per heavy atom. The third kappa shape index (κ3) is 2.67. The van der Waals surface area contributed by atoms with Crippen molar-refractivity contribution in [3.05, 3.63) is 53.7 Å². The molecule has 0 amide bonds. The van der Waals surface area contributed by atoms with Gasteiger partial charge in [0, 0.05) is 23.4 Å². The van der Waals surface area contributed by atoms with Crippen molar-refractivity contribution in [3.8, 4) is 11.6 Å². The maximum atomic E-state index is 9.25. The highest BCUT2D eigenvalue weighted by molar-refractivity contribution is 5.38. The van der Waals surface area contributed by atoms with Gasteiger partial charge in [0.25, 0.3) is 0 Å². The van der Waals surface area contributed by atoms with E-state index in [-0.39, 0.29) is 12.6 Å². The molecule has 0 bridgehead atoms. The van der Waals surface area contributed by atoms with Crippen LogP contribution in [0.1, 0.15) is 24.1 Å². The molecule has 0 aliphatic carbocycles. The summed E-state index contributed by atoms with van der Waals surface area (Å²) in [7, 11) is 0. The monoisotopic (exact) mass is 244 g/mol.